The van der Waals surface area contributed by atoms with Crippen molar-refractivity contribution >= 4 is 23.2 Å². The lowest BCUT2D eigenvalue weighted by atomic mass is 9.97. The van der Waals surface area contributed by atoms with E-state index < -0.39 is 0 Å². The average molecular weight is 253 g/mol. The maximum absolute atomic E-state index is 12.1. The molecule has 1 heterocycles. The maximum Gasteiger partial charge on any atom is 0.229 e. The third kappa shape index (κ3) is 2.79. The molecule has 92 valence electrons. The Morgan fingerprint density at radius 1 is 1.47 bits per heavy atom. The first-order valence-electron chi connectivity index (χ1n) is 5.85. The lowest BCUT2D eigenvalue weighted by Gasteiger charge is -2.15. The lowest BCUT2D eigenvalue weighted by molar-refractivity contribution is -0.120. The van der Waals surface area contributed by atoms with Crippen molar-refractivity contribution in [3.63, 3.8) is 0 Å². The van der Waals surface area contributed by atoms with E-state index >= 15 is 0 Å². The molecule has 2 rings (SSSR count). The summed E-state index contributed by atoms with van der Waals surface area (Å²) in [5.74, 6) is 0.510. The molecule has 0 bridgehead atoms. The number of anilines is 1. The number of carbonyl (C=O) groups excluding carboxylic acids is 1. The summed E-state index contributed by atoms with van der Waals surface area (Å²) in [6.07, 6.45) is 0. The van der Waals surface area contributed by atoms with Crippen molar-refractivity contribution in [2.24, 2.45) is 11.8 Å². The Hall–Kier alpha value is -1.06. The molecule has 0 saturated carbocycles. The minimum atomic E-state index is 0.0494. The van der Waals surface area contributed by atoms with Crippen molar-refractivity contribution in [3.05, 3.63) is 28.8 Å². The molecule has 4 heteroatoms. The Bertz CT molecular complexity index is 433. The van der Waals surface area contributed by atoms with Gasteiger partial charge >= 0.3 is 0 Å². The fourth-order valence-corrected chi connectivity index (χ4v) is 2.29. The normalized spacial score (nSPS) is 23.7. The molecule has 0 aliphatic carbocycles. The molecule has 2 atom stereocenters. The zero-order valence-corrected chi connectivity index (χ0v) is 10.8. The molecule has 2 unspecified atom stereocenters. The predicted octanol–water partition coefficient (Wildman–Crippen LogP) is 2.44. The molecule has 1 aliphatic heterocycles. The topological polar surface area (TPSA) is 41.1 Å². The monoisotopic (exact) mass is 252 g/mol. The minimum Gasteiger partial charge on any atom is -0.326 e. The van der Waals surface area contributed by atoms with Gasteiger partial charge in [-0.1, -0.05) is 24.6 Å². The molecule has 1 aromatic carbocycles. The van der Waals surface area contributed by atoms with Gasteiger partial charge in [-0.15, -0.1) is 0 Å². The Balaban J connectivity index is 2.10. The smallest absolute Gasteiger partial charge is 0.229 e. The van der Waals surface area contributed by atoms with E-state index in [-0.39, 0.29) is 11.8 Å². The molecule has 1 aromatic rings. The van der Waals surface area contributed by atoms with E-state index in [2.05, 4.69) is 17.6 Å². The average Bonchev–Trinajstić information content (AvgIpc) is 2.70. The number of hydrogen-bond acceptors (Lipinski definition) is 2. The first kappa shape index (κ1) is 12.4. The highest BCUT2D eigenvalue weighted by Gasteiger charge is 2.29. The van der Waals surface area contributed by atoms with Crippen molar-refractivity contribution in [3.8, 4) is 0 Å². The number of nitrogens with one attached hydrogen (secondary N) is 2. The molecule has 0 aromatic heterocycles. The van der Waals surface area contributed by atoms with Gasteiger partial charge in [0, 0.05) is 17.3 Å². The molecule has 0 spiro atoms. The van der Waals surface area contributed by atoms with Crippen LogP contribution in [0.5, 0.6) is 0 Å². The summed E-state index contributed by atoms with van der Waals surface area (Å²) in [4.78, 5) is 12.1. The number of benzene rings is 1. The summed E-state index contributed by atoms with van der Waals surface area (Å²) in [6, 6.07) is 5.53. The van der Waals surface area contributed by atoms with Gasteiger partial charge in [-0.25, -0.2) is 0 Å². The predicted molar refractivity (Wildman–Crippen MR) is 70.3 cm³/mol. The number of rotatable bonds is 2. The highest BCUT2D eigenvalue weighted by Crippen LogP contribution is 2.23. The molecular weight excluding hydrogens is 236 g/mol. The fraction of sp³-hybridized carbons (Fsp3) is 0.462. The van der Waals surface area contributed by atoms with E-state index in [1.54, 1.807) is 6.07 Å². The van der Waals surface area contributed by atoms with Gasteiger partial charge in [-0.05, 0) is 37.1 Å². The summed E-state index contributed by atoms with van der Waals surface area (Å²) < 4.78 is 0. The molecule has 0 radical (unpaired) electrons. The highest BCUT2D eigenvalue weighted by atomic mass is 35.5. The number of carbonyl (C=O) groups is 1. The lowest BCUT2D eigenvalue weighted by Crippen LogP contribution is -2.28. The molecule has 1 fully saturated rings. The van der Waals surface area contributed by atoms with Crippen LogP contribution in [-0.4, -0.2) is 19.0 Å². The first-order valence-corrected chi connectivity index (χ1v) is 6.23. The van der Waals surface area contributed by atoms with Crippen LogP contribution in [0.25, 0.3) is 0 Å². The van der Waals surface area contributed by atoms with Gasteiger partial charge < -0.3 is 10.6 Å². The zero-order valence-electron chi connectivity index (χ0n) is 10.1. The van der Waals surface area contributed by atoms with Crippen LogP contribution in [0.1, 0.15) is 12.5 Å². The van der Waals surface area contributed by atoms with E-state index in [4.69, 9.17) is 11.6 Å². The van der Waals surface area contributed by atoms with Crippen LogP contribution >= 0.6 is 11.6 Å². The number of aryl methyl sites for hydroxylation is 1. The largest absolute Gasteiger partial charge is 0.326 e. The number of hydrogen-bond donors (Lipinski definition) is 2. The Morgan fingerprint density at radius 2 is 2.24 bits per heavy atom. The zero-order chi connectivity index (χ0) is 12.4. The van der Waals surface area contributed by atoms with E-state index in [0.29, 0.717) is 10.9 Å². The van der Waals surface area contributed by atoms with Gasteiger partial charge in [0.05, 0.1) is 5.92 Å². The summed E-state index contributed by atoms with van der Waals surface area (Å²) in [6.45, 7) is 5.72. The number of halogens is 1. The van der Waals surface area contributed by atoms with Gasteiger partial charge in [-0.3, -0.25) is 4.79 Å². The molecule has 17 heavy (non-hydrogen) atoms. The summed E-state index contributed by atoms with van der Waals surface area (Å²) >= 11 is 5.92. The second kappa shape index (κ2) is 5.07. The fourth-order valence-electron chi connectivity index (χ4n) is 2.12. The minimum absolute atomic E-state index is 0.0494. The summed E-state index contributed by atoms with van der Waals surface area (Å²) in [5, 5.41) is 6.83. The second-order valence-corrected chi connectivity index (χ2v) is 5.13. The standard InChI is InChI=1S/C13H17ClN2O/c1-8-3-4-10(14)5-12(8)16-13(17)11-7-15-6-9(11)2/h3-5,9,11,15H,6-7H2,1-2H3,(H,16,17). The van der Waals surface area contributed by atoms with Gasteiger partial charge in [-0.2, -0.15) is 0 Å². The van der Waals surface area contributed by atoms with E-state index in [0.717, 1.165) is 24.3 Å². The summed E-state index contributed by atoms with van der Waals surface area (Å²) in [7, 11) is 0. The van der Waals surface area contributed by atoms with E-state index in [1.807, 2.05) is 19.1 Å². The molecule has 1 saturated heterocycles. The summed E-state index contributed by atoms with van der Waals surface area (Å²) in [5.41, 5.74) is 1.84. The second-order valence-electron chi connectivity index (χ2n) is 4.69. The van der Waals surface area contributed by atoms with E-state index in [9.17, 15) is 4.79 Å². The van der Waals surface area contributed by atoms with Crippen molar-refractivity contribution in [1.29, 1.82) is 0 Å². The Morgan fingerprint density at radius 3 is 2.88 bits per heavy atom. The van der Waals surface area contributed by atoms with Crippen LogP contribution in [0.3, 0.4) is 0 Å². The van der Waals surface area contributed by atoms with Crippen molar-refractivity contribution in [2.75, 3.05) is 18.4 Å². The van der Waals surface area contributed by atoms with Gasteiger partial charge in [0.25, 0.3) is 0 Å². The molecular formula is C13H17ClN2O. The highest BCUT2D eigenvalue weighted by molar-refractivity contribution is 6.31. The van der Waals surface area contributed by atoms with Crippen LogP contribution in [0.15, 0.2) is 18.2 Å². The van der Waals surface area contributed by atoms with Crippen molar-refractivity contribution < 1.29 is 4.79 Å². The van der Waals surface area contributed by atoms with Crippen LogP contribution in [0, 0.1) is 18.8 Å². The quantitative estimate of drug-likeness (QED) is 0.849. The third-order valence-electron chi connectivity index (χ3n) is 3.31. The van der Waals surface area contributed by atoms with Gasteiger partial charge in [0.2, 0.25) is 5.91 Å². The van der Waals surface area contributed by atoms with Crippen LogP contribution in [-0.2, 0) is 4.79 Å². The van der Waals surface area contributed by atoms with Crippen LogP contribution < -0.4 is 10.6 Å². The van der Waals surface area contributed by atoms with Gasteiger partial charge in [0.15, 0.2) is 0 Å². The van der Waals surface area contributed by atoms with Crippen molar-refractivity contribution in [1.82, 2.24) is 5.32 Å². The van der Waals surface area contributed by atoms with Gasteiger partial charge in [0.1, 0.15) is 0 Å². The van der Waals surface area contributed by atoms with Crippen molar-refractivity contribution in [2.45, 2.75) is 13.8 Å². The maximum atomic E-state index is 12.1. The Labute approximate surface area is 107 Å². The molecule has 1 amide bonds. The molecule has 2 N–H and O–H groups in total. The number of amides is 1. The SMILES string of the molecule is Cc1ccc(Cl)cc1NC(=O)C1CNCC1C. The van der Waals surface area contributed by atoms with Crippen LogP contribution in [0.4, 0.5) is 5.69 Å². The third-order valence-corrected chi connectivity index (χ3v) is 3.55. The Kier molecular flexibility index (Phi) is 3.69. The molecule has 3 nitrogen and oxygen atoms in total. The van der Waals surface area contributed by atoms with E-state index in [1.165, 1.54) is 0 Å². The van der Waals surface area contributed by atoms with Crippen LogP contribution in [0.2, 0.25) is 5.02 Å². The first-order chi connectivity index (χ1) is 8.08. The molecule has 1 aliphatic rings.